The Hall–Kier alpha value is -2.28. The van der Waals surface area contributed by atoms with Gasteiger partial charge >= 0.3 is 0 Å². The first kappa shape index (κ1) is 20.5. The minimum absolute atomic E-state index is 0.0466. The Balaban J connectivity index is 1.93. The van der Waals surface area contributed by atoms with Crippen LogP contribution in [0.25, 0.3) is 0 Å². The monoisotopic (exact) mass is 379 g/mol. The third-order valence-corrected chi connectivity index (χ3v) is 5.03. The first-order valence-electron chi connectivity index (χ1n) is 9.60. The number of hydrogen-bond donors (Lipinski definition) is 3. The Morgan fingerprint density at radius 2 is 1.36 bits per heavy atom. The van der Waals surface area contributed by atoms with E-state index in [1.807, 2.05) is 54.6 Å². The van der Waals surface area contributed by atoms with Crippen molar-refractivity contribution in [3.8, 4) is 0 Å². The molecule has 0 saturated carbocycles. The largest absolute Gasteiger partial charge is 0.396 e. The molecule has 2 aromatic carbocycles. The summed E-state index contributed by atoms with van der Waals surface area (Å²) in [5.74, 6) is 0. The maximum absolute atomic E-state index is 9.11. The zero-order valence-corrected chi connectivity index (χ0v) is 16.1. The number of hydrogen-bond acceptors (Lipinski definition) is 5. The van der Waals surface area contributed by atoms with Crippen molar-refractivity contribution >= 4 is 0 Å². The lowest BCUT2D eigenvalue weighted by molar-refractivity contribution is -0.108. The molecule has 0 amide bonds. The van der Waals surface area contributed by atoms with Crippen LogP contribution in [0.5, 0.6) is 0 Å². The lowest BCUT2D eigenvalue weighted by Crippen LogP contribution is -2.73. The molecule has 0 fully saturated rings. The van der Waals surface area contributed by atoms with Gasteiger partial charge in [-0.25, -0.2) is 0 Å². The summed E-state index contributed by atoms with van der Waals surface area (Å²) in [5, 5.41) is 9.11. The van der Waals surface area contributed by atoms with Gasteiger partial charge in [0, 0.05) is 19.7 Å². The van der Waals surface area contributed by atoms with Crippen LogP contribution in [-0.4, -0.2) is 34.6 Å². The molecule has 0 radical (unpaired) electrons. The fourth-order valence-corrected chi connectivity index (χ4v) is 3.41. The summed E-state index contributed by atoms with van der Waals surface area (Å²) in [6.07, 6.45) is 7.96. The van der Waals surface area contributed by atoms with E-state index in [1.54, 1.807) is 6.08 Å². The van der Waals surface area contributed by atoms with Gasteiger partial charge in [-0.15, -0.1) is 0 Å². The third kappa shape index (κ3) is 4.58. The van der Waals surface area contributed by atoms with Crippen LogP contribution in [0.3, 0.4) is 0 Å². The Bertz CT molecular complexity index is 753. The summed E-state index contributed by atoms with van der Waals surface area (Å²) in [6, 6.07) is 20.4. The van der Waals surface area contributed by atoms with Crippen molar-refractivity contribution in [2.24, 2.45) is 11.5 Å². The lowest BCUT2D eigenvalue weighted by Gasteiger charge is -2.50. The smallest absolute Gasteiger partial charge is 0.171 e. The highest BCUT2D eigenvalue weighted by molar-refractivity contribution is 5.31. The van der Waals surface area contributed by atoms with E-state index in [-0.39, 0.29) is 6.61 Å². The molecular formula is C23H29N3O2. The van der Waals surface area contributed by atoms with E-state index in [2.05, 4.69) is 29.2 Å². The molecule has 0 aromatic heterocycles. The molecular weight excluding hydrogens is 350 g/mol. The zero-order chi connectivity index (χ0) is 19.9. The molecule has 5 heteroatoms. The van der Waals surface area contributed by atoms with Crippen LogP contribution in [0.4, 0.5) is 0 Å². The summed E-state index contributed by atoms with van der Waals surface area (Å²) in [7, 11) is 0. The third-order valence-electron chi connectivity index (χ3n) is 5.03. The highest BCUT2D eigenvalue weighted by atomic mass is 16.5. The minimum Gasteiger partial charge on any atom is -0.396 e. The topological polar surface area (TPSA) is 84.7 Å². The van der Waals surface area contributed by atoms with E-state index < -0.39 is 11.4 Å². The summed E-state index contributed by atoms with van der Waals surface area (Å²) in [4.78, 5) is 2.14. The molecule has 1 aliphatic carbocycles. The average molecular weight is 380 g/mol. The number of rotatable bonds is 9. The molecule has 0 aliphatic heterocycles. The lowest BCUT2D eigenvalue weighted by atomic mass is 9.89. The highest BCUT2D eigenvalue weighted by Crippen LogP contribution is 2.32. The van der Waals surface area contributed by atoms with Gasteiger partial charge < -0.3 is 15.6 Å². The van der Waals surface area contributed by atoms with Gasteiger partial charge in [0.15, 0.2) is 5.72 Å². The Morgan fingerprint density at radius 3 is 1.89 bits per heavy atom. The molecule has 2 unspecified atom stereocenters. The minimum atomic E-state index is -1.21. The van der Waals surface area contributed by atoms with Crippen LogP contribution in [0.1, 0.15) is 17.5 Å². The summed E-state index contributed by atoms with van der Waals surface area (Å²) < 4.78 is 6.00. The quantitative estimate of drug-likeness (QED) is 0.461. The number of allylic oxidation sites excluding steroid dienone is 2. The van der Waals surface area contributed by atoms with Crippen LogP contribution < -0.4 is 11.5 Å². The number of nitrogens with two attached hydrogens (primary N) is 2. The van der Waals surface area contributed by atoms with Crippen LogP contribution in [-0.2, 0) is 17.8 Å². The SMILES string of the molecule is NC1(OCCCO)C=CC=CC1(N)N(Cc1ccccc1)Cc1ccccc1. The van der Waals surface area contributed by atoms with Crippen molar-refractivity contribution < 1.29 is 9.84 Å². The standard InChI is InChI=1S/C23H29N3O2/c24-22(14-7-8-15-23(22,25)28-17-9-16-27)26(18-20-10-3-1-4-11-20)19-21-12-5-2-6-13-21/h1-8,10-15,27H,9,16-19,24-25H2. The van der Waals surface area contributed by atoms with Crippen LogP contribution in [0.15, 0.2) is 85.0 Å². The fraction of sp³-hybridized carbons (Fsp3) is 0.304. The summed E-state index contributed by atoms with van der Waals surface area (Å²) in [5.41, 5.74) is 13.6. The molecule has 0 bridgehead atoms. The Kier molecular flexibility index (Phi) is 6.78. The van der Waals surface area contributed by atoms with E-state index in [9.17, 15) is 0 Å². The van der Waals surface area contributed by atoms with E-state index in [1.165, 1.54) is 0 Å². The van der Waals surface area contributed by atoms with Crippen molar-refractivity contribution in [2.45, 2.75) is 30.9 Å². The molecule has 1 aliphatic rings. The number of nitrogens with zero attached hydrogens (tertiary/aromatic N) is 1. The van der Waals surface area contributed by atoms with Crippen molar-refractivity contribution in [2.75, 3.05) is 13.2 Å². The van der Waals surface area contributed by atoms with Crippen molar-refractivity contribution in [1.82, 2.24) is 4.90 Å². The summed E-state index contributed by atoms with van der Waals surface area (Å²) >= 11 is 0. The molecule has 5 N–H and O–H groups in total. The first-order valence-corrected chi connectivity index (χ1v) is 9.60. The second-order valence-corrected chi connectivity index (χ2v) is 7.09. The predicted octanol–water partition coefficient (Wildman–Crippen LogP) is 2.52. The second-order valence-electron chi connectivity index (χ2n) is 7.09. The normalized spacial score (nSPS) is 24.0. The van der Waals surface area contributed by atoms with Gasteiger partial charge in [-0.3, -0.25) is 10.6 Å². The molecule has 3 rings (SSSR count). The molecule has 148 valence electrons. The molecule has 28 heavy (non-hydrogen) atoms. The second kappa shape index (κ2) is 9.28. The van der Waals surface area contributed by atoms with Crippen molar-refractivity contribution in [1.29, 1.82) is 0 Å². The van der Waals surface area contributed by atoms with Gasteiger partial charge in [-0.2, -0.15) is 0 Å². The van der Waals surface area contributed by atoms with Gasteiger partial charge in [0.25, 0.3) is 0 Å². The molecule has 0 spiro atoms. The van der Waals surface area contributed by atoms with Gasteiger partial charge in [0.05, 0.1) is 6.61 Å². The van der Waals surface area contributed by atoms with Crippen LogP contribution >= 0.6 is 0 Å². The first-order chi connectivity index (χ1) is 13.6. The van der Waals surface area contributed by atoms with Crippen molar-refractivity contribution in [3.63, 3.8) is 0 Å². The van der Waals surface area contributed by atoms with Crippen LogP contribution in [0.2, 0.25) is 0 Å². The molecule has 2 atom stereocenters. The number of ether oxygens (including phenoxy) is 1. The van der Waals surface area contributed by atoms with E-state index in [0.717, 1.165) is 11.1 Å². The van der Waals surface area contributed by atoms with Gasteiger partial charge in [0.1, 0.15) is 5.66 Å². The molecule has 0 heterocycles. The van der Waals surface area contributed by atoms with E-state index in [4.69, 9.17) is 21.3 Å². The highest BCUT2D eigenvalue weighted by Gasteiger charge is 2.49. The van der Waals surface area contributed by atoms with Gasteiger partial charge in [-0.05, 0) is 29.7 Å². The predicted molar refractivity (Wildman–Crippen MR) is 112 cm³/mol. The average Bonchev–Trinajstić information content (AvgIpc) is 2.72. The zero-order valence-electron chi connectivity index (χ0n) is 16.1. The maximum atomic E-state index is 9.11. The summed E-state index contributed by atoms with van der Waals surface area (Å²) in [6.45, 7) is 1.61. The molecule has 5 nitrogen and oxygen atoms in total. The van der Waals surface area contributed by atoms with Gasteiger partial charge in [0.2, 0.25) is 0 Å². The molecule has 2 aromatic rings. The Labute approximate surface area is 166 Å². The maximum Gasteiger partial charge on any atom is 0.171 e. The van der Waals surface area contributed by atoms with Crippen molar-refractivity contribution in [3.05, 3.63) is 96.1 Å². The van der Waals surface area contributed by atoms with Gasteiger partial charge in [-0.1, -0.05) is 72.8 Å². The fourth-order valence-electron chi connectivity index (χ4n) is 3.41. The Morgan fingerprint density at radius 1 is 0.821 bits per heavy atom. The number of benzene rings is 2. The van der Waals surface area contributed by atoms with E-state index >= 15 is 0 Å². The van der Waals surface area contributed by atoms with E-state index in [0.29, 0.717) is 26.1 Å². The number of aliphatic hydroxyl groups is 1. The van der Waals surface area contributed by atoms with Crippen LogP contribution in [0, 0.1) is 0 Å². The molecule has 0 saturated heterocycles. The number of aliphatic hydroxyl groups excluding tert-OH is 1.